The van der Waals surface area contributed by atoms with E-state index in [1.807, 2.05) is 12.1 Å². The third-order valence-electron chi connectivity index (χ3n) is 4.60. The van der Waals surface area contributed by atoms with E-state index in [0.29, 0.717) is 6.61 Å². The largest absolute Gasteiger partial charge is 0.491 e. The number of rotatable bonds is 1. The van der Waals surface area contributed by atoms with Crippen molar-refractivity contribution in [3.63, 3.8) is 0 Å². The van der Waals surface area contributed by atoms with Gasteiger partial charge in [-0.15, -0.1) is 0 Å². The van der Waals surface area contributed by atoms with Gasteiger partial charge in [0.2, 0.25) is 0 Å². The van der Waals surface area contributed by atoms with E-state index in [2.05, 4.69) is 29.7 Å². The number of aryl methyl sites for hydroxylation is 1. The molecule has 2 aromatic rings. The fourth-order valence-corrected chi connectivity index (χ4v) is 3.69. The number of benzene rings is 1. The van der Waals surface area contributed by atoms with Crippen molar-refractivity contribution in [1.29, 1.82) is 0 Å². The highest BCUT2D eigenvalue weighted by Gasteiger charge is 2.31. The highest BCUT2D eigenvalue weighted by Crippen LogP contribution is 2.40. The van der Waals surface area contributed by atoms with Crippen molar-refractivity contribution in [1.82, 2.24) is 4.57 Å². The molecule has 104 valence electrons. The molecule has 0 radical (unpaired) electrons. The minimum absolute atomic E-state index is 0.250. The summed E-state index contributed by atoms with van der Waals surface area (Å²) in [5, 5.41) is 10.2. The number of nitrogens with zero attached hydrogens (tertiary/aromatic N) is 1. The van der Waals surface area contributed by atoms with Crippen molar-refractivity contribution in [2.75, 3.05) is 6.61 Å². The second-order valence-electron chi connectivity index (χ2n) is 5.83. The quantitative estimate of drug-likeness (QED) is 0.863. The molecule has 2 heterocycles. The molecule has 0 fully saturated rings. The lowest BCUT2D eigenvalue weighted by atomic mass is 9.95. The van der Waals surface area contributed by atoms with Crippen LogP contribution in [0.25, 0.3) is 0 Å². The highest BCUT2D eigenvalue weighted by atomic mass is 16.5. The zero-order valence-electron chi connectivity index (χ0n) is 11.7. The SMILES string of the molecule is Cc1cc2c(n1C1COc3ccccc31)CCCC2O. The van der Waals surface area contributed by atoms with Crippen molar-refractivity contribution < 1.29 is 9.84 Å². The van der Waals surface area contributed by atoms with Gasteiger partial charge in [0, 0.05) is 22.5 Å². The molecule has 2 unspecified atom stereocenters. The second kappa shape index (κ2) is 4.38. The van der Waals surface area contributed by atoms with Gasteiger partial charge < -0.3 is 14.4 Å². The van der Waals surface area contributed by atoms with Crippen molar-refractivity contribution in [3.05, 3.63) is 52.8 Å². The van der Waals surface area contributed by atoms with Gasteiger partial charge in [0.05, 0.1) is 12.1 Å². The topological polar surface area (TPSA) is 34.4 Å². The lowest BCUT2D eigenvalue weighted by Crippen LogP contribution is -2.19. The molecule has 0 bridgehead atoms. The van der Waals surface area contributed by atoms with Crippen LogP contribution >= 0.6 is 0 Å². The smallest absolute Gasteiger partial charge is 0.124 e. The zero-order chi connectivity index (χ0) is 13.7. The molecule has 4 rings (SSSR count). The maximum absolute atomic E-state index is 10.2. The fourth-order valence-electron chi connectivity index (χ4n) is 3.69. The Labute approximate surface area is 118 Å². The third-order valence-corrected chi connectivity index (χ3v) is 4.60. The lowest BCUT2D eigenvalue weighted by Gasteiger charge is -2.23. The molecule has 3 nitrogen and oxygen atoms in total. The Morgan fingerprint density at radius 2 is 2.10 bits per heavy atom. The van der Waals surface area contributed by atoms with Gasteiger partial charge in [0.25, 0.3) is 0 Å². The first-order chi connectivity index (χ1) is 9.75. The predicted molar refractivity (Wildman–Crippen MR) is 77.1 cm³/mol. The van der Waals surface area contributed by atoms with E-state index in [1.165, 1.54) is 17.0 Å². The van der Waals surface area contributed by atoms with Gasteiger partial charge in [-0.1, -0.05) is 18.2 Å². The fraction of sp³-hybridized carbons (Fsp3) is 0.412. The first-order valence-electron chi connectivity index (χ1n) is 7.36. The van der Waals surface area contributed by atoms with Gasteiger partial charge in [0.15, 0.2) is 0 Å². The molecule has 0 saturated carbocycles. The summed E-state index contributed by atoms with van der Waals surface area (Å²) in [5.41, 5.74) is 4.90. The predicted octanol–water partition coefficient (Wildman–Crippen LogP) is 3.15. The van der Waals surface area contributed by atoms with Gasteiger partial charge in [-0.3, -0.25) is 0 Å². The number of hydrogen-bond acceptors (Lipinski definition) is 2. The summed E-state index contributed by atoms with van der Waals surface area (Å²) >= 11 is 0. The van der Waals surface area contributed by atoms with E-state index in [0.717, 1.165) is 30.6 Å². The van der Waals surface area contributed by atoms with Gasteiger partial charge in [0.1, 0.15) is 12.4 Å². The molecule has 2 atom stereocenters. The van der Waals surface area contributed by atoms with Crippen LogP contribution in [0.1, 0.15) is 47.5 Å². The van der Waals surface area contributed by atoms with Gasteiger partial charge in [-0.25, -0.2) is 0 Å². The number of aromatic nitrogens is 1. The maximum Gasteiger partial charge on any atom is 0.124 e. The molecule has 1 aliphatic carbocycles. The van der Waals surface area contributed by atoms with Gasteiger partial charge >= 0.3 is 0 Å². The molecular weight excluding hydrogens is 250 g/mol. The molecule has 20 heavy (non-hydrogen) atoms. The summed E-state index contributed by atoms with van der Waals surface area (Å²) in [5.74, 6) is 0.996. The third kappa shape index (κ3) is 1.63. The van der Waals surface area contributed by atoms with Gasteiger partial charge in [-0.05, 0) is 38.3 Å². The van der Waals surface area contributed by atoms with Crippen LogP contribution in [0.5, 0.6) is 5.75 Å². The molecule has 2 aliphatic rings. The Morgan fingerprint density at radius 1 is 1.25 bits per heavy atom. The summed E-state index contributed by atoms with van der Waals surface area (Å²) in [4.78, 5) is 0. The average molecular weight is 269 g/mol. The number of fused-ring (bicyclic) bond motifs is 2. The van der Waals surface area contributed by atoms with E-state index in [9.17, 15) is 5.11 Å². The van der Waals surface area contributed by atoms with Crippen LogP contribution in [-0.2, 0) is 6.42 Å². The van der Waals surface area contributed by atoms with E-state index >= 15 is 0 Å². The second-order valence-corrected chi connectivity index (χ2v) is 5.83. The molecule has 0 saturated heterocycles. The number of ether oxygens (including phenoxy) is 1. The molecule has 0 amide bonds. The summed E-state index contributed by atoms with van der Waals surface area (Å²) < 4.78 is 8.20. The minimum atomic E-state index is -0.295. The molecule has 1 aromatic heterocycles. The van der Waals surface area contributed by atoms with Crippen LogP contribution in [0.3, 0.4) is 0 Å². The molecule has 1 N–H and O–H groups in total. The highest BCUT2D eigenvalue weighted by molar-refractivity contribution is 5.42. The van der Waals surface area contributed by atoms with E-state index in [1.54, 1.807) is 0 Å². The number of aliphatic hydroxyl groups is 1. The Bertz CT molecular complexity index is 659. The standard InChI is InChI=1S/C17H19NO2/c1-11-9-13-14(6-4-7-16(13)19)18(11)15-10-20-17-8-3-2-5-12(15)17/h2-3,5,8-9,15-16,19H,4,6-7,10H2,1H3. The first kappa shape index (κ1) is 12.0. The molecular formula is C17H19NO2. The van der Waals surface area contributed by atoms with Gasteiger partial charge in [-0.2, -0.15) is 0 Å². The van der Waals surface area contributed by atoms with E-state index < -0.39 is 0 Å². The van der Waals surface area contributed by atoms with Crippen molar-refractivity contribution in [2.45, 2.75) is 38.3 Å². The summed E-state index contributed by atoms with van der Waals surface area (Å²) in [6.45, 7) is 2.82. The Hall–Kier alpha value is -1.74. The molecule has 3 heteroatoms. The number of aliphatic hydroxyl groups excluding tert-OH is 1. The van der Waals surface area contributed by atoms with Crippen LogP contribution in [0.4, 0.5) is 0 Å². The minimum Gasteiger partial charge on any atom is -0.491 e. The first-order valence-corrected chi connectivity index (χ1v) is 7.36. The number of para-hydroxylation sites is 1. The lowest BCUT2D eigenvalue weighted by molar-refractivity contribution is 0.155. The zero-order valence-corrected chi connectivity index (χ0v) is 11.7. The van der Waals surface area contributed by atoms with Crippen molar-refractivity contribution in [2.24, 2.45) is 0 Å². The van der Waals surface area contributed by atoms with Crippen LogP contribution in [0.15, 0.2) is 30.3 Å². The molecule has 0 spiro atoms. The molecule has 1 aliphatic heterocycles. The van der Waals surface area contributed by atoms with Crippen LogP contribution in [0.2, 0.25) is 0 Å². The average Bonchev–Trinajstić information content (AvgIpc) is 3.00. The summed E-state index contributed by atoms with van der Waals surface area (Å²) in [7, 11) is 0. The van der Waals surface area contributed by atoms with Crippen LogP contribution in [-0.4, -0.2) is 16.3 Å². The van der Waals surface area contributed by atoms with Crippen molar-refractivity contribution in [3.8, 4) is 5.75 Å². The van der Waals surface area contributed by atoms with E-state index in [4.69, 9.17) is 4.74 Å². The monoisotopic (exact) mass is 269 g/mol. The van der Waals surface area contributed by atoms with Crippen molar-refractivity contribution >= 4 is 0 Å². The summed E-state index contributed by atoms with van der Waals surface area (Å²) in [6.07, 6.45) is 2.70. The Morgan fingerprint density at radius 3 is 3.00 bits per heavy atom. The Balaban J connectivity index is 1.85. The maximum atomic E-state index is 10.2. The summed E-state index contributed by atoms with van der Waals surface area (Å²) in [6, 6.07) is 10.7. The van der Waals surface area contributed by atoms with Crippen LogP contribution in [0, 0.1) is 6.92 Å². The van der Waals surface area contributed by atoms with Crippen LogP contribution < -0.4 is 4.74 Å². The normalized spacial score (nSPS) is 24.1. The number of hydrogen-bond donors (Lipinski definition) is 1. The van der Waals surface area contributed by atoms with E-state index in [-0.39, 0.29) is 12.1 Å². The molecule has 1 aromatic carbocycles. The Kier molecular flexibility index (Phi) is 2.64.